The van der Waals surface area contributed by atoms with Crippen LogP contribution in [-0.4, -0.2) is 29.6 Å². The van der Waals surface area contributed by atoms with E-state index in [0.29, 0.717) is 5.56 Å². The zero-order valence-electron chi connectivity index (χ0n) is 16.7. The Morgan fingerprint density at radius 2 is 2.03 bits per heavy atom. The van der Waals surface area contributed by atoms with Gasteiger partial charge in [-0.25, -0.2) is 9.37 Å². The number of rotatable bonds is 5. The number of fused-ring (bicyclic) bond motifs is 1. The van der Waals surface area contributed by atoms with Crippen LogP contribution in [0.3, 0.4) is 0 Å². The third-order valence-electron chi connectivity index (χ3n) is 5.35. The summed E-state index contributed by atoms with van der Waals surface area (Å²) in [5, 5.41) is 3.14. The second-order valence-corrected chi connectivity index (χ2v) is 7.68. The fourth-order valence-electron chi connectivity index (χ4n) is 3.90. The molecule has 0 aliphatic carbocycles. The second kappa shape index (κ2) is 8.07. The number of aryl methyl sites for hydroxylation is 1. The third kappa shape index (κ3) is 4.16. The number of nitrogens with zero attached hydrogens (tertiary/aromatic N) is 3. The highest BCUT2D eigenvalue weighted by atomic mass is 19.1. The highest BCUT2D eigenvalue weighted by Gasteiger charge is 2.27. The van der Waals surface area contributed by atoms with Crippen molar-refractivity contribution >= 4 is 11.6 Å². The van der Waals surface area contributed by atoms with Crippen LogP contribution in [-0.2, 0) is 17.8 Å². The van der Waals surface area contributed by atoms with E-state index in [1.165, 1.54) is 12.1 Å². The topological polar surface area (TPSA) is 50.2 Å². The van der Waals surface area contributed by atoms with Gasteiger partial charge in [-0.15, -0.1) is 0 Å². The number of hydrogen-bond donors (Lipinski definition) is 1. The molecule has 29 heavy (non-hydrogen) atoms. The lowest BCUT2D eigenvalue weighted by molar-refractivity contribution is -0.121. The Hall–Kier alpha value is -3.15. The first kappa shape index (κ1) is 19.2. The molecule has 0 bridgehead atoms. The average molecular weight is 392 g/mol. The normalized spacial score (nSPS) is 15.6. The van der Waals surface area contributed by atoms with Crippen molar-refractivity contribution in [3.05, 3.63) is 71.9 Å². The van der Waals surface area contributed by atoms with Crippen molar-refractivity contribution in [1.29, 1.82) is 0 Å². The molecule has 0 radical (unpaired) electrons. The molecule has 6 heteroatoms. The average Bonchev–Trinajstić information content (AvgIpc) is 3.13. The van der Waals surface area contributed by atoms with Gasteiger partial charge in [0.1, 0.15) is 5.82 Å². The van der Waals surface area contributed by atoms with E-state index in [4.69, 9.17) is 0 Å². The first-order valence-corrected chi connectivity index (χ1v) is 9.88. The van der Waals surface area contributed by atoms with Crippen molar-refractivity contribution in [3.8, 4) is 11.3 Å². The maximum absolute atomic E-state index is 13.4. The summed E-state index contributed by atoms with van der Waals surface area (Å²) in [5.74, 6) is -0.432. The number of halogens is 1. The quantitative estimate of drug-likeness (QED) is 0.715. The molecule has 2 heterocycles. The van der Waals surface area contributed by atoms with Crippen LogP contribution in [0.5, 0.6) is 0 Å². The van der Waals surface area contributed by atoms with Crippen LogP contribution in [0.15, 0.2) is 54.9 Å². The number of amides is 1. The molecule has 0 saturated heterocycles. The largest absolute Gasteiger partial charge is 0.378 e. The molecule has 3 aromatic rings. The monoisotopic (exact) mass is 392 g/mol. The van der Waals surface area contributed by atoms with E-state index < -0.39 is 0 Å². The molecular formula is C23H25FN4O. The van der Waals surface area contributed by atoms with E-state index in [0.717, 1.165) is 42.0 Å². The van der Waals surface area contributed by atoms with E-state index >= 15 is 0 Å². The summed E-state index contributed by atoms with van der Waals surface area (Å²) < 4.78 is 15.5. The molecule has 1 aliphatic heterocycles. The Balaban J connectivity index is 1.56. The van der Waals surface area contributed by atoms with Crippen LogP contribution in [0.4, 0.5) is 10.1 Å². The van der Waals surface area contributed by atoms with Gasteiger partial charge in [-0.3, -0.25) is 4.79 Å². The van der Waals surface area contributed by atoms with Crippen LogP contribution >= 0.6 is 0 Å². The molecule has 1 N–H and O–H groups in total. The van der Waals surface area contributed by atoms with Crippen LogP contribution < -0.4 is 10.2 Å². The summed E-state index contributed by atoms with van der Waals surface area (Å²) in [6, 6.07) is 14.4. The predicted octanol–water partition coefficient (Wildman–Crippen LogP) is 3.95. The van der Waals surface area contributed by atoms with Gasteiger partial charge in [0.25, 0.3) is 0 Å². The first-order chi connectivity index (χ1) is 14.0. The third-order valence-corrected chi connectivity index (χ3v) is 5.35. The summed E-state index contributed by atoms with van der Waals surface area (Å²) in [5.41, 5.74) is 4.79. The predicted molar refractivity (Wildman–Crippen MR) is 112 cm³/mol. The number of anilines is 1. The molecule has 1 aliphatic rings. The molecule has 0 fully saturated rings. The fraction of sp³-hybridized carbons (Fsp3) is 0.304. The molecule has 2 aromatic carbocycles. The standard InChI is InChI=1S/C23H25FN4O/c1-27(2)19-10-8-17(9-11-19)22-23-20(7-4-12-28(23)15-25-22)26-21(29)14-16-5-3-6-18(24)13-16/h3,5-6,8-11,13,15,20H,4,7,12,14H2,1-2H3,(H,26,29). The van der Waals surface area contributed by atoms with Crippen LogP contribution in [0.1, 0.15) is 30.1 Å². The number of carbonyl (C=O) groups is 1. The Morgan fingerprint density at radius 1 is 1.24 bits per heavy atom. The van der Waals surface area contributed by atoms with Gasteiger partial charge in [-0.2, -0.15) is 0 Å². The lowest BCUT2D eigenvalue weighted by Crippen LogP contribution is -2.33. The van der Waals surface area contributed by atoms with Gasteiger partial charge in [0, 0.05) is 31.9 Å². The van der Waals surface area contributed by atoms with Gasteiger partial charge in [0.15, 0.2) is 0 Å². The molecule has 1 amide bonds. The van der Waals surface area contributed by atoms with Crippen molar-refractivity contribution in [3.63, 3.8) is 0 Å². The van der Waals surface area contributed by atoms with E-state index in [1.54, 1.807) is 12.1 Å². The minimum absolute atomic E-state index is 0.101. The molecule has 1 atom stereocenters. The van der Waals surface area contributed by atoms with Gasteiger partial charge < -0.3 is 14.8 Å². The van der Waals surface area contributed by atoms with Gasteiger partial charge in [0.2, 0.25) is 5.91 Å². The van der Waals surface area contributed by atoms with Gasteiger partial charge in [-0.1, -0.05) is 24.3 Å². The van der Waals surface area contributed by atoms with E-state index in [2.05, 4.69) is 44.0 Å². The lowest BCUT2D eigenvalue weighted by Gasteiger charge is -2.26. The number of imidazole rings is 1. The van der Waals surface area contributed by atoms with Crippen molar-refractivity contribution < 1.29 is 9.18 Å². The molecule has 150 valence electrons. The maximum Gasteiger partial charge on any atom is 0.224 e. The summed E-state index contributed by atoms with van der Waals surface area (Å²) >= 11 is 0. The highest BCUT2D eigenvalue weighted by Crippen LogP contribution is 2.34. The number of hydrogen-bond acceptors (Lipinski definition) is 3. The highest BCUT2D eigenvalue weighted by molar-refractivity contribution is 5.79. The Kier molecular flexibility index (Phi) is 5.34. The summed E-state index contributed by atoms with van der Waals surface area (Å²) in [4.78, 5) is 19.3. The molecule has 0 spiro atoms. The van der Waals surface area contributed by atoms with Crippen LogP contribution in [0.25, 0.3) is 11.3 Å². The van der Waals surface area contributed by atoms with E-state index in [1.807, 2.05) is 20.4 Å². The van der Waals surface area contributed by atoms with Crippen molar-refractivity contribution in [2.24, 2.45) is 0 Å². The lowest BCUT2D eigenvalue weighted by atomic mass is 9.98. The Morgan fingerprint density at radius 3 is 2.76 bits per heavy atom. The van der Waals surface area contributed by atoms with Crippen molar-refractivity contribution in [2.45, 2.75) is 31.8 Å². The SMILES string of the molecule is CN(C)c1ccc(-c2ncn3c2C(NC(=O)Cc2cccc(F)c2)CCC3)cc1. The Bertz CT molecular complexity index is 1010. The first-order valence-electron chi connectivity index (χ1n) is 9.88. The molecule has 1 aromatic heterocycles. The summed E-state index contributed by atoms with van der Waals surface area (Å²) in [7, 11) is 4.02. The maximum atomic E-state index is 13.4. The Labute approximate surface area is 170 Å². The van der Waals surface area contributed by atoms with Gasteiger partial charge in [-0.05, 0) is 42.7 Å². The fourth-order valence-corrected chi connectivity index (χ4v) is 3.90. The summed E-state index contributed by atoms with van der Waals surface area (Å²) in [6.45, 7) is 0.897. The number of aromatic nitrogens is 2. The smallest absolute Gasteiger partial charge is 0.224 e. The molecule has 4 rings (SSSR count). The molecular weight excluding hydrogens is 367 g/mol. The van der Waals surface area contributed by atoms with E-state index in [9.17, 15) is 9.18 Å². The number of nitrogens with one attached hydrogen (secondary N) is 1. The van der Waals surface area contributed by atoms with Crippen LogP contribution in [0, 0.1) is 5.82 Å². The van der Waals surface area contributed by atoms with Gasteiger partial charge in [0.05, 0.1) is 30.2 Å². The van der Waals surface area contributed by atoms with Gasteiger partial charge >= 0.3 is 0 Å². The summed E-state index contributed by atoms with van der Waals surface area (Å²) in [6.07, 6.45) is 3.86. The zero-order valence-corrected chi connectivity index (χ0v) is 16.7. The molecule has 5 nitrogen and oxygen atoms in total. The second-order valence-electron chi connectivity index (χ2n) is 7.68. The van der Waals surface area contributed by atoms with E-state index in [-0.39, 0.29) is 24.2 Å². The van der Waals surface area contributed by atoms with Crippen molar-refractivity contribution in [2.75, 3.05) is 19.0 Å². The molecule has 0 saturated carbocycles. The minimum Gasteiger partial charge on any atom is -0.378 e. The van der Waals surface area contributed by atoms with Crippen molar-refractivity contribution in [1.82, 2.24) is 14.9 Å². The number of benzene rings is 2. The zero-order chi connectivity index (χ0) is 20.4. The minimum atomic E-state index is -0.325. The molecule has 1 unspecified atom stereocenters. The number of carbonyl (C=O) groups excluding carboxylic acids is 1. The van der Waals surface area contributed by atoms with Crippen LogP contribution in [0.2, 0.25) is 0 Å².